The van der Waals surface area contributed by atoms with Crippen LogP contribution in [-0.4, -0.2) is 30.3 Å². The lowest BCUT2D eigenvalue weighted by atomic mass is 10.1. The second-order valence-electron chi connectivity index (χ2n) is 5.33. The highest BCUT2D eigenvalue weighted by molar-refractivity contribution is 5.79. The number of aryl methyl sites for hydroxylation is 1. The molecule has 0 fully saturated rings. The van der Waals surface area contributed by atoms with Crippen LogP contribution in [0.2, 0.25) is 0 Å². The molecule has 0 radical (unpaired) electrons. The maximum atomic E-state index is 11.8. The number of hydrogen-bond donors (Lipinski definition) is 1. The number of nitrogens with zero attached hydrogens (tertiary/aromatic N) is 1. The molecule has 0 spiro atoms. The summed E-state index contributed by atoms with van der Waals surface area (Å²) in [7, 11) is 0. The predicted molar refractivity (Wildman–Crippen MR) is 91.8 cm³/mol. The van der Waals surface area contributed by atoms with Crippen molar-refractivity contribution in [3.8, 4) is 5.75 Å². The smallest absolute Gasteiger partial charge is 0.311 e. The van der Waals surface area contributed by atoms with Crippen LogP contribution in [0.3, 0.4) is 0 Å². The number of hydrogen-bond acceptors (Lipinski definition) is 5. The summed E-state index contributed by atoms with van der Waals surface area (Å²) in [5.41, 5.74) is 1.02. The van der Waals surface area contributed by atoms with Gasteiger partial charge in [0.15, 0.2) is 12.4 Å². The van der Waals surface area contributed by atoms with E-state index in [4.69, 9.17) is 4.74 Å². The average Bonchev–Trinajstić information content (AvgIpc) is 2.64. The second kappa shape index (κ2) is 9.17. The summed E-state index contributed by atoms with van der Waals surface area (Å²) in [6, 6.07) is 13.7. The Morgan fingerprint density at radius 3 is 2.64 bits per heavy atom. The van der Waals surface area contributed by atoms with E-state index in [0.717, 1.165) is 18.9 Å². The van der Waals surface area contributed by atoms with E-state index in [9.17, 15) is 19.7 Å². The Morgan fingerprint density at radius 1 is 1.20 bits per heavy atom. The van der Waals surface area contributed by atoms with Crippen LogP contribution in [-0.2, 0) is 11.2 Å². The van der Waals surface area contributed by atoms with Crippen LogP contribution in [0.1, 0.15) is 22.3 Å². The van der Waals surface area contributed by atoms with E-state index in [0.29, 0.717) is 12.8 Å². The molecule has 0 bridgehead atoms. The second-order valence-corrected chi connectivity index (χ2v) is 5.33. The zero-order valence-corrected chi connectivity index (χ0v) is 13.5. The summed E-state index contributed by atoms with van der Waals surface area (Å²) in [6.45, 7) is 0.163. The lowest BCUT2D eigenvalue weighted by Gasteiger charge is -2.08. The van der Waals surface area contributed by atoms with Gasteiger partial charge >= 0.3 is 5.69 Å². The van der Waals surface area contributed by atoms with E-state index in [-0.39, 0.29) is 29.5 Å². The van der Waals surface area contributed by atoms with Crippen LogP contribution in [0.15, 0.2) is 48.5 Å². The molecule has 7 nitrogen and oxygen atoms in total. The quantitative estimate of drug-likeness (QED) is 0.327. The third kappa shape index (κ3) is 5.72. The summed E-state index contributed by atoms with van der Waals surface area (Å²) >= 11 is 0. The van der Waals surface area contributed by atoms with E-state index in [2.05, 4.69) is 5.32 Å². The van der Waals surface area contributed by atoms with Gasteiger partial charge in [0.05, 0.1) is 4.92 Å². The van der Waals surface area contributed by atoms with E-state index in [1.54, 1.807) is 0 Å². The number of ether oxygens (including phenoxy) is 1. The molecule has 1 N–H and O–H groups in total. The highest BCUT2D eigenvalue weighted by atomic mass is 16.6. The Morgan fingerprint density at radius 2 is 1.96 bits per heavy atom. The van der Waals surface area contributed by atoms with Crippen LogP contribution in [0.4, 0.5) is 5.69 Å². The van der Waals surface area contributed by atoms with E-state index in [1.165, 1.54) is 17.7 Å². The van der Waals surface area contributed by atoms with Gasteiger partial charge in [0.2, 0.25) is 0 Å². The fourth-order valence-electron chi connectivity index (χ4n) is 2.23. The lowest BCUT2D eigenvalue weighted by molar-refractivity contribution is -0.385. The van der Waals surface area contributed by atoms with Crippen molar-refractivity contribution in [2.75, 3.05) is 13.2 Å². The van der Waals surface area contributed by atoms with E-state index in [1.807, 2.05) is 30.3 Å². The van der Waals surface area contributed by atoms with Crippen LogP contribution >= 0.6 is 0 Å². The third-order valence-electron chi connectivity index (χ3n) is 3.48. The van der Waals surface area contributed by atoms with Crippen LogP contribution in [0.25, 0.3) is 0 Å². The van der Waals surface area contributed by atoms with Gasteiger partial charge in [-0.25, -0.2) is 0 Å². The number of carbonyl (C=O) groups is 2. The van der Waals surface area contributed by atoms with Gasteiger partial charge in [-0.05, 0) is 30.5 Å². The molecule has 7 heteroatoms. The highest BCUT2D eigenvalue weighted by Crippen LogP contribution is 2.27. The molecule has 1 amide bonds. The summed E-state index contributed by atoms with van der Waals surface area (Å²) in [5.74, 6) is -0.406. The van der Waals surface area contributed by atoms with E-state index >= 15 is 0 Å². The van der Waals surface area contributed by atoms with Crippen molar-refractivity contribution in [2.45, 2.75) is 12.8 Å². The van der Waals surface area contributed by atoms with Crippen molar-refractivity contribution in [3.05, 3.63) is 69.8 Å². The molecule has 0 aliphatic carbocycles. The van der Waals surface area contributed by atoms with Crippen molar-refractivity contribution in [2.24, 2.45) is 0 Å². The Labute approximate surface area is 144 Å². The molecule has 2 rings (SSSR count). The van der Waals surface area contributed by atoms with Crippen LogP contribution in [0, 0.1) is 10.1 Å². The number of benzene rings is 2. The van der Waals surface area contributed by atoms with Gasteiger partial charge in [-0.15, -0.1) is 0 Å². The molecule has 0 aliphatic heterocycles. The minimum Gasteiger partial charge on any atom is -0.477 e. The number of aldehydes is 1. The first-order valence-corrected chi connectivity index (χ1v) is 7.77. The number of carbonyl (C=O) groups excluding carboxylic acids is 2. The van der Waals surface area contributed by atoms with E-state index < -0.39 is 4.92 Å². The maximum Gasteiger partial charge on any atom is 0.311 e. The van der Waals surface area contributed by atoms with Crippen molar-refractivity contribution >= 4 is 17.9 Å². The molecule has 0 saturated heterocycles. The molecule has 130 valence electrons. The molecule has 0 aliphatic rings. The Kier molecular flexibility index (Phi) is 6.65. The number of rotatable bonds is 9. The van der Waals surface area contributed by atoms with Gasteiger partial charge in [-0.1, -0.05) is 30.3 Å². The molecule has 2 aromatic carbocycles. The molecule has 0 unspecified atom stereocenters. The molecule has 2 aromatic rings. The number of nitro groups is 1. The fourth-order valence-corrected chi connectivity index (χ4v) is 2.23. The average molecular weight is 342 g/mol. The Hall–Kier alpha value is -3.22. The minimum absolute atomic E-state index is 0.0463. The van der Waals surface area contributed by atoms with Crippen LogP contribution < -0.4 is 10.1 Å². The van der Waals surface area contributed by atoms with Gasteiger partial charge in [0, 0.05) is 18.2 Å². The number of amides is 1. The minimum atomic E-state index is -0.653. The number of nitro benzene ring substituents is 1. The van der Waals surface area contributed by atoms with Gasteiger partial charge in [-0.2, -0.15) is 0 Å². The summed E-state index contributed by atoms with van der Waals surface area (Å²) in [5, 5.41) is 13.7. The first kappa shape index (κ1) is 18.1. The van der Waals surface area contributed by atoms with Gasteiger partial charge in [-0.3, -0.25) is 19.7 Å². The molecular weight excluding hydrogens is 324 g/mol. The van der Waals surface area contributed by atoms with Crippen molar-refractivity contribution < 1.29 is 19.2 Å². The van der Waals surface area contributed by atoms with Crippen molar-refractivity contribution in [1.82, 2.24) is 5.32 Å². The fraction of sp³-hybridized carbons (Fsp3) is 0.222. The lowest BCUT2D eigenvalue weighted by Crippen LogP contribution is -2.30. The molecule has 0 heterocycles. The number of nitrogens with one attached hydrogen (secondary N) is 1. The summed E-state index contributed by atoms with van der Waals surface area (Å²) < 4.78 is 5.21. The first-order valence-electron chi connectivity index (χ1n) is 7.77. The van der Waals surface area contributed by atoms with Gasteiger partial charge < -0.3 is 10.1 Å². The maximum absolute atomic E-state index is 11.8. The van der Waals surface area contributed by atoms with Crippen molar-refractivity contribution in [3.63, 3.8) is 0 Å². The molecular formula is C18H18N2O5. The van der Waals surface area contributed by atoms with Crippen LogP contribution in [0.5, 0.6) is 5.75 Å². The third-order valence-corrected chi connectivity index (χ3v) is 3.48. The molecule has 25 heavy (non-hydrogen) atoms. The monoisotopic (exact) mass is 342 g/mol. The van der Waals surface area contributed by atoms with Crippen molar-refractivity contribution in [1.29, 1.82) is 0 Å². The Balaban J connectivity index is 1.78. The largest absolute Gasteiger partial charge is 0.477 e. The van der Waals surface area contributed by atoms with Gasteiger partial charge in [0.25, 0.3) is 5.91 Å². The summed E-state index contributed by atoms with van der Waals surface area (Å²) in [4.78, 5) is 32.8. The zero-order chi connectivity index (χ0) is 18.1. The molecule has 0 aromatic heterocycles. The molecule has 0 atom stereocenters. The highest BCUT2D eigenvalue weighted by Gasteiger charge is 2.17. The zero-order valence-electron chi connectivity index (χ0n) is 13.5. The predicted octanol–water partition coefficient (Wildman–Crippen LogP) is 2.54. The first-order chi connectivity index (χ1) is 12.1. The summed E-state index contributed by atoms with van der Waals surface area (Å²) in [6.07, 6.45) is 2.14. The Bertz CT molecular complexity index is 746. The normalized spacial score (nSPS) is 10.1. The SMILES string of the molecule is O=Cc1ccc(OCC(=O)NCCCc2ccccc2)c([N+](=O)[O-])c1. The standard InChI is InChI=1S/C18H18N2O5/c21-12-15-8-9-17(16(11-15)20(23)24)25-13-18(22)19-10-4-7-14-5-2-1-3-6-14/h1-3,5-6,8-9,11-12H,4,7,10,13H2,(H,19,22). The van der Waals surface area contributed by atoms with Gasteiger partial charge in [0.1, 0.15) is 6.29 Å². The molecule has 0 saturated carbocycles. The topological polar surface area (TPSA) is 98.5 Å².